The van der Waals surface area contributed by atoms with Gasteiger partial charge in [-0.15, -0.1) is 0 Å². The van der Waals surface area contributed by atoms with E-state index in [-0.39, 0.29) is 36.8 Å². The molecular formula is C18H34N2O3. The molecule has 0 aliphatic heterocycles. The van der Waals surface area contributed by atoms with Crippen LogP contribution in [0.15, 0.2) is 0 Å². The van der Waals surface area contributed by atoms with Crippen LogP contribution >= 0.6 is 0 Å². The smallest absolute Gasteiger partial charge is 0.220 e. The highest BCUT2D eigenvalue weighted by Gasteiger charge is 2.27. The summed E-state index contributed by atoms with van der Waals surface area (Å²) in [6, 6.07) is 0.266. The van der Waals surface area contributed by atoms with Crippen LogP contribution in [-0.4, -0.2) is 37.1 Å². The van der Waals surface area contributed by atoms with Gasteiger partial charge >= 0.3 is 0 Å². The summed E-state index contributed by atoms with van der Waals surface area (Å²) in [5.74, 6) is 1.11. The number of amides is 2. The molecule has 1 saturated carbocycles. The zero-order valence-electron chi connectivity index (χ0n) is 15.2. The van der Waals surface area contributed by atoms with Gasteiger partial charge in [0.15, 0.2) is 0 Å². The molecule has 1 aliphatic rings. The van der Waals surface area contributed by atoms with Gasteiger partial charge < -0.3 is 15.4 Å². The lowest BCUT2D eigenvalue weighted by Crippen LogP contribution is -2.43. The Kier molecular flexibility index (Phi) is 9.22. The molecule has 2 amide bonds. The summed E-state index contributed by atoms with van der Waals surface area (Å²) in [7, 11) is 0. The van der Waals surface area contributed by atoms with E-state index in [0.717, 1.165) is 12.8 Å². The van der Waals surface area contributed by atoms with Gasteiger partial charge in [-0.25, -0.2) is 0 Å². The molecule has 0 spiro atoms. The highest BCUT2D eigenvalue weighted by atomic mass is 16.5. The summed E-state index contributed by atoms with van der Waals surface area (Å²) in [6.45, 7) is 9.69. The Labute approximate surface area is 140 Å². The third-order valence-electron chi connectivity index (χ3n) is 4.73. The van der Waals surface area contributed by atoms with Gasteiger partial charge in [-0.05, 0) is 38.5 Å². The molecule has 5 heteroatoms. The maximum Gasteiger partial charge on any atom is 0.220 e. The SMILES string of the molecule is CC(C)OCCCNC(=O)CCC(=O)N[C@H]1CCC[C@@H](C)[C@H]1C. The third-order valence-corrected chi connectivity index (χ3v) is 4.73. The quantitative estimate of drug-likeness (QED) is 0.640. The average Bonchev–Trinajstić information content (AvgIpc) is 2.49. The van der Waals surface area contributed by atoms with Crippen molar-refractivity contribution in [2.75, 3.05) is 13.2 Å². The van der Waals surface area contributed by atoms with Crippen LogP contribution in [0.4, 0.5) is 0 Å². The molecule has 5 nitrogen and oxygen atoms in total. The molecule has 0 aromatic rings. The van der Waals surface area contributed by atoms with E-state index in [9.17, 15) is 9.59 Å². The highest BCUT2D eigenvalue weighted by Crippen LogP contribution is 2.29. The molecule has 1 aliphatic carbocycles. The normalized spacial score (nSPS) is 24.5. The van der Waals surface area contributed by atoms with Crippen LogP contribution in [0.1, 0.15) is 66.2 Å². The molecule has 0 saturated heterocycles. The highest BCUT2D eigenvalue weighted by molar-refractivity contribution is 5.83. The Balaban J connectivity index is 2.11. The summed E-state index contributed by atoms with van der Waals surface area (Å²) < 4.78 is 5.41. The van der Waals surface area contributed by atoms with E-state index in [0.29, 0.717) is 25.0 Å². The molecule has 134 valence electrons. The molecular weight excluding hydrogens is 292 g/mol. The van der Waals surface area contributed by atoms with E-state index < -0.39 is 0 Å². The summed E-state index contributed by atoms with van der Waals surface area (Å²) in [5, 5.41) is 5.94. The topological polar surface area (TPSA) is 67.4 Å². The summed E-state index contributed by atoms with van der Waals surface area (Å²) in [6.07, 6.45) is 5.03. The Morgan fingerprint density at radius 3 is 2.52 bits per heavy atom. The van der Waals surface area contributed by atoms with Gasteiger partial charge in [0.05, 0.1) is 6.10 Å². The fraction of sp³-hybridized carbons (Fsp3) is 0.889. The predicted molar refractivity (Wildman–Crippen MR) is 92.1 cm³/mol. The lowest BCUT2D eigenvalue weighted by atomic mass is 9.78. The fourth-order valence-electron chi connectivity index (χ4n) is 3.00. The molecule has 3 atom stereocenters. The van der Waals surface area contributed by atoms with E-state index in [1.807, 2.05) is 13.8 Å². The molecule has 0 unspecified atom stereocenters. The summed E-state index contributed by atoms with van der Waals surface area (Å²) >= 11 is 0. The first-order valence-electron chi connectivity index (χ1n) is 9.07. The van der Waals surface area contributed by atoms with Crippen molar-refractivity contribution < 1.29 is 14.3 Å². The number of hydrogen-bond acceptors (Lipinski definition) is 3. The van der Waals surface area contributed by atoms with E-state index in [1.165, 1.54) is 12.8 Å². The molecule has 1 rings (SSSR count). The second-order valence-electron chi connectivity index (χ2n) is 7.06. The lowest BCUT2D eigenvalue weighted by Gasteiger charge is -2.34. The minimum Gasteiger partial charge on any atom is -0.379 e. The number of nitrogens with one attached hydrogen (secondary N) is 2. The standard InChI is InChI=1S/C18H34N2O3/c1-13(2)23-12-6-11-19-17(21)9-10-18(22)20-16-8-5-7-14(3)15(16)4/h13-16H,5-12H2,1-4H3,(H,19,21)(H,20,22)/t14-,15-,16+/m1/s1. The molecule has 1 fully saturated rings. The zero-order valence-corrected chi connectivity index (χ0v) is 15.2. The van der Waals surface area contributed by atoms with Crippen LogP contribution in [0.5, 0.6) is 0 Å². The minimum atomic E-state index is -0.0604. The Bertz CT molecular complexity index is 371. The first kappa shape index (κ1) is 19.9. The Morgan fingerprint density at radius 1 is 1.13 bits per heavy atom. The van der Waals surface area contributed by atoms with E-state index in [1.54, 1.807) is 0 Å². The van der Waals surface area contributed by atoms with Crippen molar-refractivity contribution in [3.05, 3.63) is 0 Å². The molecule has 0 aromatic carbocycles. The molecule has 0 heterocycles. The van der Waals surface area contributed by atoms with Crippen LogP contribution in [0, 0.1) is 11.8 Å². The van der Waals surface area contributed by atoms with Crippen molar-refractivity contribution in [3.63, 3.8) is 0 Å². The number of carbonyl (C=O) groups excluding carboxylic acids is 2. The van der Waals surface area contributed by atoms with Crippen LogP contribution in [0.25, 0.3) is 0 Å². The van der Waals surface area contributed by atoms with Crippen molar-refractivity contribution in [2.45, 2.75) is 78.4 Å². The largest absolute Gasteiger partial charge is 0.379 e. The number of carbonyl (C=O) groups is 2. The number of rotatable bonds is 9. The fourth-order valence-corrected chi connectivity index (χ4v) is 3.00. The van der Waals surface area contributed by atoms with Gasteiger partial charge in [-0.1, -0.05) is 26.7 Å². The van der Waals surface area contributed by atoms with Crippen molar-refractivity contribution in [1.29, 1.82) is 0 Å². The molecule has 0 aromatic heterocycles. The van der Waals surface area contributed by atoms with Crippen LogP contribution < -0.4 is 10.6 Å². The Morgan fingerprint density at radius 2 is 1.83 bits per heavy atom. The van der Waals surface area contributed by atoms with Gasteiger partial charge in [0.25, 0.3) is 0 Å². The van der Waals surface area contributed by atoms with Gasteiger partial charge in [-0.3, -0.25) is 9.59 Å². The van der Waals surface area contributed by atoms with Crippen LogP contribution in [-0.2, 0) is 14.3 Å². The number of ether oxygens (including phenoxy) is 1. The minimum absolute atomic E-state index is 0.00533. The molecule has 0 radical (unpaired) electrons. The van der Waals surface area contributed by atoms with Gasteiger partial charge in [0, 0.05) is 32.0 Å². The van der Waals surface area contributed by atoms with E-state index >= 15 is 0 Å². The van der Waals surface area contributed by atoms with Crippen LogP contribution in [0.2, 0.25) is 0 Å². The van der Waals surface area contributed by atoms with Gasteiger partial charge in [-0.2, -0.15) is 0 Å². The Hall–Kier alpha value is -1.10. The second kappa shape index (κ2) is 10.6. The molecule has 2 N–H and O–H groups in total. The van der Waals surface area contributed by atoms with E-state index in [4.69, 9.17) is 4.74 Å². The third kappa shape index (κ3) is 8.35. The lowest BCUT2D eigenvalue weighted by molar-refractivity contribution is -0.127. The maximum absolute atomic E-state index is 12.0. The monoisotopic (exact) mass is 326 g/mol. The van der Waals surface area contributed by atoms with Crippen molar-refractivity contribution >= 4 is 11.8 Å². The predicted octanol–water partition coefficient (Wildman–Crippen LogP) is 2.64. The summed E-state index contributed by atoms with van der Waals surface area (Å²) in [4.78, 5) is 23.7. The van der Waals surface area contributed by atoms with E-state index in [2.05, 4.69) is 24.5 Å². The van der Waals surface area contributed by atoms with Crippen molar-refractivity contribution in [2.24, 2.45) is 11.8 Å². The van der Waals surface area contributed by atoms with Crippen molar-refractivity contribution in [1.82, 2.24) is 10.6 Å². The first-order valence-corrected chi connectivity index (χ1v) is 9.07. The zero-order chi connectivity index (χ0) is 17.2. The number of hydrogen-bond donors (Lipinski definition) is 2. The van der Waals surface area contributed by atoms with Crippen molar-refractivity contribution in [3.8, 4) is 0 Å². The maximum atomic E-state index is 12.0. The molecule has 23 heavy (non-hydrogen) atoms. The van der Waals surface area contributed by atoms with Gasteiger partial charge in [0.2, 0.25) is 11.8 Å². The van der Waals surface area contributed by atoms with Gasteiger partial charge in [0.1, 0.15) is 0 Å². The second-order valence-corrected chi connectivity index (χ2v) is 7.06. The average molecular weight is 326 g/mol. The summed E-state index contributed by atoms with van der Waals surface area (Å²) in [5.41, 5.74) is 0. The first-order chi connectivity index (χ1) is 10.9. The van der Waals surface area contributed by atoms with Crippen LogP contribution in [0.3, 0.4) is 0 Å². The molecule has 0 bridgehead atoms.